The summed E-state index contributed by atoms with van der Waals surface area (Å²) in [4.78, 5) is 49.4. The number of hydrogen-bond donors (Lipinski definition) is 4. The molecule has 0 aliphatic carbocycles. The Hall–Kier alpha value is -5.17. The molecule has 2 aromatic carbocycles. The quantitative estimate of drug-likeness (QED) is 0.224. The number of carbonyl (C=O) groups is 3. The Balaban J connectivity index is 1.48. The Morgan fingerprint density at radius 2 is 1.84 bits per heavy atom. The fourth-order valence-corrected chi connectivity index (χ4v) is 6.88. The third-order valence-corrected chi connectivity index (χ3v) is 9.50. The first-order valence-electron chi connectivity index (χ1n) is 16.3. The van der Waals surface area contributed by atoms with Crippen LogP contribution in [0.3, 0.4) is 0 Å². The topological polar surface area (TPSA) is 178 Å². The molecule has 2 amide bonds. The minimum absolute atomic E-state index is 0.0000110. The summed E-state index contributed by atoms with van der Waals surface area (Å²) in [6.07, 6.45) is -1.89. The van der Waals surface area contributed by atoms with Crippen molar-refractivity contribution < 1.29 is 37.8 Å². The number of hydrogen-bond acceptors (Lipinski definition) is 11. The number of fused-ring (bicyclic) bond motifs is 4. The predicted molar refractivity (Wildman–Crippen MR) is 176 cm³/mol. The molecule has 0 radical (unpaired) electrons. The van der Waals surface area contributed by atoms with Gasteiger partial charge >= 0.3 is 5.97 Å². The van der Waals surface area contributed by atoms with Crippen LogP contribution in [0.25, 0.3) is 11.6 Å². The molecule has 1 spiro atoms. The normalized spacial score (nSPS) is 22.9. The number of benzene rings is 2. The molecular formula is C36H39N5O8. The van der Waals surface area contributed by atoms with Gasteiger partial charge in [0.05, 0.1) is 7.11 Å². The number of anilines is 1. The van der Waals surface area contributed by atoms with E-state index in [-0.39, 0.29) is 41.3 Å². The number of amides is 2. The predicted octanol–water partition coefficient (Wildman–Crippen LogP) is 4.16. The number of esters is 1. The molecule has 3 aliphatic rings. The van der Waals surface area contributed by atoms with Crippen LogP contribution >= 0.6 is 0 Å². The molecule has 4 bridgehead atoms. The minimum Gasteiger partial charge on any atom is -0.469 e. The van der Waals surface area contributed by atoms with Crippen molar-refractivity contribution in [2.75, 3.05) is 12.4 Å². The van der Waals surface area contributed by atoms with Crippen molar-refractivity contribution in [2.24, 2.45) is 11.3 Å². The van der Waals surface area contributed by atoms with E-state index in [1.54, 1.807) is 27.7 Å². The van der Waals surface area contributed by atoms with Gasteiger partial charge in [0.25, 0.3) is 0 Å². The van der Waals surface area contributed by atoms with Crippen LogP contribution in [0.5, 0.6) is 5.75 Å². The van der Waals surface area contributed by atoms with Crippen LogP contribution in [-0.4, -0.2) is 58.3 Å². The first-order chi connectivity index (χ1) is 23.2. The van der Waals surface area contributed by atoms with Gasteiger partial charge in [0.1, 0.15) is 35.1 Å². The van der Waals surface area contributed by atoms with E-state index in [1.807, 2.05) is 56.3 Å². The number of aryl methyl sites for hydroxylation is 1. The Kier molecular flexibility index (Phi) is 7.58. The molecule has 1 unspecified atom stereocenters. The van der Waals surface area contributed by atoms with E-state index in [2.05, 4.69) is 20.9 Å². The number of rotatable bonds is 5. The lowest BCUT2D eigenvalue weighted by atomic mass is 9.72. The molecule has 13 heteroatoms. The van der Waals surface area contributed by atoms with E-state index in [9.17, 15) is 19.5 Å². The molecular weight excluding hydrogens is 630 g/mol. The first-order valence-corrected chi connectivity index (χ1v) is 16.3. The van der Waals surface area contributed by atoms with E-state index in [0.717, 1.165) is 22.4 Å². The van der Waals surface area contributed by atoms with Crippen molar-refractivity contribution in [3.8, 4) is 17.3 Å². The van der Waals surface area contributed by atoms with Crippen molar-refractivity contribution in [2.45, 2.75) is 77.8 Å². The molecule has 3 aliphatic heterocycles. The van der Waals surface area contributed by atoms with Crippen molar-refractivity contribution in [1.29, 1.82) is 0 Å². The van der Waals surface area contributed by atoms with Crippen LogP contribution in [0.1, 0.15) is 85.3 Å². The van der Waals surface area contributed by atoms with Crippen molar-refractivity contribution >= 4 is 23.5 Å². The number of aliphatic hydroxyl groups excluding tert-OH is 1. The van der Waals surface area contributed by atoms with Crippen LogP contribution in [0, 0.1) is 18.3 Å². The van der Waals surface area contributed by atoms with E-state index < -0.39 is 53.0 Å². The molecule has 49 heavy (non-hydrogen) atoms. The molecule has 13 nitrogen and oxygen atoms in total. The van der Waals surface area contributed by atoms with Gasteiger partial charge in [0, 0.05) is 17.7 Å². The molecule has 4 aromatic rings. The number of nitrogens with zero attached hydrogens (tertiary/aromatic N) is 2. The average molecular weight is 670 g/mol. The van der Waals surface area contributed by atoms with Gasteiger partial charge in [0.15, 0.2) is 23.4 Å². The van der Waals surface area contributed by atoms with E-state index in [0.29, 0.717) is 11.5 Å². The fraction of sp³-hybridized carbons (Fsp3) is 0.417. The summed E-state index contributed by atoms with van der Waals surface area (Å²) in [5.74, 6) is -0.629. The number of oxazole rings is 2. The van der Waals surface area contributed by atoms with Crippen LogP contribution < -0.4 is 20.7 Å². The summed E-state index contributed by atoms with van der Waals surface area (Å²) in [7, 11) is 1.27. The van der Waals surface area contributed by atoms with Gasteiger partial charge in [-0.2, -0.15) is 0 Å². The Morgan fingerprint density at radius 3 is 2.55 bits per heavy atom. The maximum atomic E-state index is 14.1. The Bertz CT molecular complexity index is 1990. The summed E-state index contributed by atoms with van der Waals surface area (Å²) in [5.41, 5.74) is 1.54. The highest BCUT2D eigenvalue weighted by atomic mass is 16.5. The number of aromatic nitrogens is 2. The molecule has 4 N–H and O–H groups in total. The molecule has 0 saturated carbocycles. The maximum Gasteiger partial charge on any atom is 0.360 e. The Labute approximate surface area is 282 Å². The molecule has 256 valence electrons. The lowest BCUT2D eigenvalue weighted by Gasteiger charge is -2.30. The van der Waals surface area contributed by atoms with Crippen LogP contribution in [0.2, 0.25) is 0 Å². The first kappa shape index (κ1) is 32.4. The van der Waals surface area contributed by atoms with Crippen molar-refractivity contribution in [3.63, 3.8) is 0 Å². The zero-order chi connectivity index (χ0) is 35.0. The van der Waals surface area contributed by atoms with E-state index >= 15 is 0 Å². The van der Waals surface area contributed by atoms with Crippen molar-refractivity contribution in [1.82, 2.24) is 20.6 Å². The number of aliphatic hydroxyl groups is 1. The zero-order valence-electron chi connectivity index (χ0n) is 28.3. The van der Waals surface area contributed by atoms with Gasteiger partial charge in [-0.15, -0.1) is 0 Å². The second kappa shape index (κ2) is 11.5. The van der Waals surface area contributed by atoms with Crippen molar-refractivity contribution in [3.05, 3.63) is 82.3 Å². The average Bonchev–Trinajstić information content (AvgIpc) is 3.81. The highest BCUT2D eigenvalue weighted by Gasteiger charge is 2.61. The Morgan fingerprint density at radius 1 is 1.08 bits per heavy atom. The van der Waals surface area contributed by atoms with Gasteiger partial charge < -0.3 is 39.4 Å². The van der Waals surface area contributed by atoms with Gasteiger partial charge in [-0.1, -0.05) is 65.0 Å². The third-order valence-electron chi connectivity index (χ3n) is 9.50. The lowest BCUT2D eigenvalue weighted by Crippen LogP contribution is -2.53. The molecule has 5 heterocycles. The molecule has 0 fully saturated rings. The molecule has 0 saturated heterocycles. The number of para-hydroxylation sites is 1. The van der Waals surface area contributed by atoms with E-state index in [4.69, 9.17) is 23.3 Å². The number of methoxy groups -OCH3 is 1. The zero-order valence-corrected chi connectivity index (χ0v) is 28.3. The van der Waals surface area contributed by atoms with Gasteiger partial charge in [-0.05, 0) is 41.5 Å². The summed E-state index contributed by atoms with van der Waals surface area (Å²) in [5, 5.41) is 20.1. The molecule has 5 atom stereocenters. The largest absolute Gasteiger partial charge is 0.469 e. The number of nitrogens with one attached hydrogen (secondary N) is 3. The highest BCUT2D eigenvalue weighted by Crippen LogP contribution is 2.59. The van der Waals surface area contributed by atoms with E-state index in [1.165, 1.54) is 7.11 Å². The molecule has 7 rings (SSSR count). The van der Waals surface area contributed by atoms with Gasteiger partial charge in [-0.3, -0.25) is 9.59 Å². The third kappa shape index (κ3) is 5.06. The summed E-state index contributed by atoms with van der Waals surface area (Å²) >= 11 is 0. The van der Waals surface area contributed by atoms with Crippen LogP contribution in [0.15, 0.2) is 51.3 Å². The van der Waals surface area contributed by atoms with Crippen LogP contribution in [0.4, 0.5) is 5.69 Å². The lowest BCUT2D eigenvalue weighted by molar-refractivity contribution is -0.138. The standard InChI is InChI=1S/C36H39N5O8/c1-16(2)24-31-41-26(32-40-25(17(3)47-32)33(45)46-7)28(49-31)36-19-10-8-9-11-21(19)38-34(36)48-23-13-12-18(14-20(23)36)15-22(29(43)39-24)37-30(44)27(42)35(4,5)6/h8-14,16,22,24,27,34,38,42H,15H2,1-7H3,(H,37,44)(H,39,43)/t22-,24-,27+,34?,36-/m0/s1. The van der Waals surface area contributed by atoms with Gasteiger partial charge in [-0.25, -0.2) is 14.8 Å². The highest BCUT2D eigenvalue weighted by molar-refractivity contribution is 5.90. The summed E-state index contributed by atoms with van der Waals surface area (Å²) in [6, 6.07) is 11.6. The maximum absolute atomic E-state index is 14.1. The number of carbonyl (C=O) groups excluding carboxylic acids is 3. The van der Waals surface area contributed by atoms with Gasteiger partial charge in [0.2, 0.25) is 23.6 Å². The fourth-order valence-electron chi connectivity index (χ4n) is 6.88. The smallest absolute Gasteiger partial charge is 0.360 e. The SMILES string of the molecule is COC(=O)c1nc(-c2nc3oc2[C@@]24c5ccccc5NC2Oc2ccc(cc24)C[C@H](NC(=O)[C@@H](O)C(C)(C)C)C(=O)N[C@H]3C(C)C)oc1C. The second-order valence-electron chi connectivity index (χ2n) is 14.2. The number of ether oxygens (including phenoxy) is 2. The second-order valence-corrected chi connectivity index (χ2v) is 14.2. The molecule has 2 aromatic heterocycles. The van der Waals surface area contributed by atoms with Crippen LogP contribution in [-0.2, 0) is 26.2 Å². The summed E-state index contributed by atoms with van der Waals surface area (Å²) in [6.45, 7) is 10.7. The summed E-state index contributed by atoms with van der Waals surface area (Å²) < 4.78 is 24.4. The minimum atomic E-state index is -1.35. The monoisotopic (exact) mass is 669 g/mol.